The Labute approximate surface area is 101 Å². The Morgan fingerprint density at radius 2 is 2.31 bits per heavy atom. The van der Waals surface area contributed by atoms with Crippen LogP contribution in [0.3, 0.4) is 0 Å². The molecular formula is C11H9BrN2O2. The summed E-state index contributed by atoms with van der Waals surface area (Å²) < 4.78 is 5.90. The Bertz CT molecular complexity index is 485. The molecule has 1 aromatic rings. The molecule has 5 heteroatoms. The minimum absolute atomic E-state index is 0.101. The van der Waals surface area contributed by atoms with Gasteiger partial charge in [0, 0.05) is 29.1 Å². The number of rotatable bonds is 2. The Morgan fingerprint density at radius 1 is 1.62 bits per heavy atom. The highest BCUT2D eigenvalue weighted by Crippen LogP contribution is 2.44. The SMILES string of the molecule is COc1ncc(Br)cc1C1(C#N)CC(=O)C1. The number of aromatic nitrogens is 1. The smallest absolute Gasteiger partial charge is 0.217 e. The first-order valence-corrected chi connectivity index (χ1v) is 5.53. The highest BCUT2D eigenvalue weighted by atomic mass is 79.9. The highest BCUT2D eigenvalue weighted by molar-refractivity contribution is 9.10. The molecule has 0 N–H and O–H groups in total. The third-order valence-corrected chi connectivity index (χ3v) is 3.17. The average molecular weight is 281 g/mol. The molecule has 0 unspecified atom stereocenters. The lowest BCUT2D eigenvalue weighted by atomic mass is 9.65. The fourth-order valence-corrected chi connectivity index (χ4v) is 2.21. The zero-order chi connectivity index (χ0) is 11.8. The summed E-state index contributed by atoms with van der Waals surface area (Å²) in [6.07, 6.45) is 2.10. The first-order chi connectivity index (χ1) is 7.61. The molecule has 16 heavy (non-hydrogen) atoms. The molecular weight excluding hydrogens is 272 g/mol. The van der Waals surface area contributed by atoms with E-state index in [0.29, 0.717) is 11.4 Å². The van der Waals surface area contributed by atoms with Crippen LogP contribution >= 0.6 is 15.9 Å². The maximum atomic E-state index is 11.1. The van der Waals surface area contributed by atoms with Crippen molar-refractivity contribution in [1.29, 1.82) is 5.26 Å². The number of nitriles is 1. The van der Waals surface area contributed by atoms with Crippen molar-refractivity contribution in [3.63, 3.8) is 0 Å². The van der Waals surface area contributed by atoms with E-state index in [4.69, 9.17) is 4.74 Å². The molecule has 1 fully saturated rings. The first kappa shape index (κ1) is 11.1. The van der Waals surface area contributed by atoms with Gasteiger partial charge in [0.05, 0.1) is 13.2 Å². The van der Waals surface area contributed by atoms with Crippen LogP contribution in [0.4, 0.5) is 0 Å². The second-order valence-corrected chi connectivity index (χ2v) is 4.71. The van der Waals surface area contributed by atoms with Crippen LogP contribution in [0.15, 0.2) is 16.7 Å². The molecule has 0 aromatic carbocycles. The summed E-state index contributed by atoms with van der Waals surface area (Å²) in [7, 11) is 1.51. The van der Waals surface area contributed by atoms with Crippen LogP contribution < -0.4 is 4.74 Å². The van der Waals surface area contributed by atoms with Crippen LogP contribution in [0.5, 0.6) is 5.88 Å². The summed E-state index contributed by atoms with van der Waals surface area (Å²) in [6.45, 7) is 0. The number of methoxy groups -OCH3 is 1. The van der Waals surface area contributed by atoms with Crippen molar-refractivity contribution in [2.75, 3.05) is 7.11 Å². The van der Waals surface area contributed by atoms with Gasteiger partial charge in [-0.2, -0.15) is 5.26 Å². The van der Waals surface area contributed by atoms with Gasteiger partial charge in [0.25, 0.3) is 0 Å². The number of carbonyl (C=O) groups is 1. The summed E-state index contributed by atoms with van der Waals surface area (Å²) in [5.41, 5.74) is -0.0642. The summed E-state index contributed by atoms with van der Waals surface area (Å²) in [5.74, 6) is 0.515. The third kappa shape index (κ3) is 1.59. The number of ketones is 1. The van der Waals surface area contributed by atoms with Gasteiger partial charge in [0.1, 0.15) is 11.2 Å². The molecule has 0 aliphatic heterocycles. The number of halogens is 1. The monoisotopic (exact) mass is 280 g/mol. The van der Waals surface area contributed by atoms with Crippen molar-refractivity contribution >= 4 is 21.7 Å². The van der Waals surface area contributed by atoms with E-state index in [1.54, 1.807) is 12.3 Å². The lowest BCUT2D eigenvalue weighted by Crippen LogP contribution is -2.40. The van der Waals surface area contributed by atoms with Crippen LogP contribution in [-0.2, 0) is 10.2 Å². The number of nitrogens with zero attached hydrogens (tertiary/aromatic N) is 2. The van der Waals surface area contributed by atoms with Crippen molar-refractivity contribution in [2.45, 2.75) is 18.3 Å². The van der Waals surface area contributed by atoms with Gasteiger partial charge in [-0.15, -0.1) is 0 Å². The highest BCUT2D eigenvalue weighted by Gasteiger charge is 2.47. The molecule has 4 nitrogen and oxygen atoms in total. The Morgan fingerprint density at radius 3 is 2.81 bits per heavy atom. The normalized spacial score (nSPS) is 17.4. The predicted molar refractivity (Wildman–Crippen MR) is 60.0 cm³/mol. The maximum absolute atomic E-state index is 11.1. The fraction of sp³-hybridized carbons (Fsp3) is 0.364. The van der Waals surface area contributed by atoms with Crippen molar-refractivity contribution in [1.82, 2.24) is 4.98 Å². The quantitative estimate of drug-likeness (QED) is 0.831. The number of pyridine rings is 1. The molecule has 1 saturated carbocycles. The van der Waals surface area contributed by atoms with Crippen LogP contribution in [0, 0.1) is 11.3 Å². The van der Waals surface area contributed by atoms with E-state index in [2.05, 4.69) is 27.0 Å². The van der Waals surface area contributed by atoms with Gasteiger partial charge in [-0.1, -0.05) is 0 Å². The Balaban J connectivity index is 2.50. The zero-order valence-corrected chi connectivity index (χ0v) is 10.2. The molecule has 2 rings (SSSR count). The maximum Gasteiger partial charge on any atom is 0.217 e. The lowest BCUT2D eigenvalue weighted by Gasteiger charge is -2.34. The van der Waals surface area contributed by atoms with E-state index in [0.717, 1.165) is 4.47 Å². The third-order valence-electron chi connectivity index (χ3n) is 2.74. The largest absolute Gasteiger partial charge is 0.481 e. The first-order valence-electron chi connectivity index (χ1n) is 4.74. The number of carbonyl (C=O) groups excluding carboxylic acids is 1. The molecule has 1 aromatic heterocycles. The van der Waals surface area contributed by atoms with E-state index < -0.39 is 5.41 Å². The van der Waals surface area contributed by atoms with Crippen LogP contribution in [0.1, 0.15) is 18.4 Å². The Kier molecular flexibility index (Phi) is 2.68. The topological polar surface area (TPSA) is 63.0 Å². The lowest BCUT2D eigenvalue weighted by molar-refractivity contribution is -0.126. The van der Waals surface area contributed by atoms with Crippen molar-refractivity contribution in [2.24, 2.45) is 0 Å². The number of hydrogen-bond donors (Lipinski definition) is 0. The van der Waals surface area contributed by atoms with Gasteiger partial charge in [0.2, 0.25) is 5.88 Å². The van der Waals surface area contributed by atoms with Crippen molar-refractivity contribution < 1.29 is 9.53 Å². The number of hydrogen-bond acceptors (Lipinski definition) is 4. The van der Waals surface area contributed by atoms with Crippen LogP contribution in [-0.4, -0.2) is 17.9 Å². The van der Waals surface area contributed by atoms with Crippen molar-refractivity contribution in [3.05, 3.63) is 22.3 Å². The molecule has 82 valence electrons. The second-order valence-electron chi connectivity index (χ2n) is 3.80. The van der Waals surface area contributed by atoms with E-state index in [1.165, 1.54) is 7.11 Å². The number of ether oxygens (including phenoxy) is 1. The fourth-order valence-electron chi connectivity index (χ4n) is 1.88. The van der Waals surface area contributed by atoms with Crippen LogP contribution in [0.25, 0.3) is 0 Å². The van der Waals surface area contributed by atoms with Crippen LogP contribution in [0.2, 0.25) is 0 Å². The molecule has 0 saturated heterocycles. The van der Waals surface area contributed by atoms with Gasteiger partial charge in [-0.05, 0) is 22.0 Å². The van der Waals surface area contributed by atoms with Gasteiger partial charge in [-0.3, -0.25) is 4.79 Å². The molecule has 0 amide bonds. The summed E-state index contributed by atoms with van der Waals surface area (Å²) in [4.78, 5) is 15.2. The average Bonchev–Trinajstić information content (AvgIpc) is 2.24. The standard InChI is InChI=1S/C11H9BrN2O2/c1-16-10-9(2-7(12)5-14-10)11(6-13)3-8(15)4-11/h2,5H,3-4H2,1H3. The molecule has 1 aliphatic rings. The second kappa shape index (κ2) is 3.87. The Hall–Kier alpha value is -1.41. The van der Waals surface area contributed by atoms with Gasteiger partial charge in [0.15, 0.2) is 0 Å². The summed E-state index contributed by atoms with van der Waals surface area (Å²) in [6, 6.07) is 4.00. The molecule has 1 aliphatic carbocycles. The van der Waals surface area contributed by atoms with Gasteiger partial charge in [-0.25, -0.2) is 4.98 Å². The van der Waals surface area contributed by atoms with Gasteiger partial charge >= 0.3 is 0 Å². The van der Waals surface area contributed by atoms with Crippen molar-refractivity contribution in [3.8, 4) is 11.9 Å². The minimum Gasteiger partial charge on any atom is -0.481 e. The predicted octanol–water partition coefficient (Wildman–Crippen LogP) is 1.98. The molecule has 1 heterocycles. The molecule has 0 bridgehead atoms. The van der Waals surface area contributed by atoms with E-state index in [1.807, 2.05) is 0 Å². The molecule has 0 radical (unpaired) electrons. The summed E-state index contributed by atoms with van der Waals surface area (Å²) in [5, 5.41) is 9.22. The molecule has 0 atom stereocenters. The van der Waals surface area contributed by atoms with Gasteiger partial charge < -0.3 is 4.74 Å². The minimum atomic E-state index is -0.751. The summed E-state index contributed by atoms with van der Waals surface area (Å²) >= 11 is 3.30. The number of Topliss-reactive ketones (excluding diaryl/α,β-unsaturated/α-hetero) is 1. The van der Waals surface area contributed by atoms with E-state index in [9.17, 15) is 10.1 Å². The van der Waals surface area contributed by atoms with E-state index in [-0.39, 0.29) is 18.6 Å². The van der Waals surface area contributed by atoms with E-state index >= 15 is 0 Å². The molecule has 0 spiro atoms. The zero-order valence-electron chi connectivity index (χ0n) is 8.66.